The van der Waals surface area contributed by atoms with Crippen molar-refractivity contribution >= 4 is 16.8 Å². The average molecular weight is 297 g/mol. The summed E-state index contributed by atoms with van der Waals surface area (Å²) in [6, 6.07) is 10.5. The van der Waals surface area contributed by atoms with E-state index in [-0.39, 0.29) is 5.91 Å². The van der Waals surface area contributed by atoms with Crippen molar-refractivity contribution in [2.75, 3.05) is 26.2 Å². The number of aromatic nitrogens is 1. The van der Waals surface area contributed by atoms with E-state index >= 15 is 0 Å². The first-order valence-corrected chi connectivity index (χ1v) is 8.42. The second-order valence-electron chi connectivity index (χ2n) is 6.57. The summed E-state index contributed by atoms with van der Waals surface area (Å²) in [6.45, 7) is 4.34. The number of carbonyl (C=O) groups is 1. The van der Waals surface area contributed by atoms with Crippen LogP contribution >= 0.6 is 0 Å². The highest BCUT2D eigenvalue weighted by Crippen LogP contribution is 2.24. The molecule has 0 bridgehead atoms. The van der Waals surface area contributed by atoms with Crippen LogP contribution < -0.4 is 0 Å². The van der Waals surface area contributed by atoms with Gasteiger partial charge in [0.15, 0.2) is 0 Å². The summed E-state index contributed by atoms with van der Waals surface area (Å²) in [4.78, 5) is 20.8. The number of H-pyrrole nitrogens is 1. The number of rotatable bonds is 3. The van der Waals surface area contributed by atoms with Gasteiger partial charge in [0, 0.05) is 30.0 Å². The Kier molecular flexibility index (Phi) is 3.62. The number of amides is 1. The van der Waals surface area contributed by atoms with E-state index in [1.165, 1.54) is 25.9 Å². The van der Waals surface area contributed by atoms with E-state index in [1.54, 1.807) is 0 Å². The minimum Gasteiger partial charge on any atom is -0.351 e. The number of hydrogen-bond acceptors (Lipinski definition) is 2. The summed E-state index contributed by atoms with van der Waals surface area (Å²) in [7, 11) is 0. The molecule has 2 aromatic rings. The molecule has 4 rings (SSSR count). The Morgan fingerprint density at radius 1 is 1.14 bits per heavy atom. The summed E-state index contributed by atoms with van der Waals surface area (Å²) >= 11 is 0. The van der Waals surface area contributed by atoms with Crippen molar-refractivity contribution in [3.05, 3.63) is 36.0 Å². The topological polar surface area (TPSA) is 39.3 Å². The Balaban J connectivity index is 1.52. The van der Waals surface area contributed by atoms with E-state index < -0.39 is 0 Å². The summed E-state index contributed by atoms with van der Waals surface area (Å²) < 4.78 is 0. The Hall–Kier alpha value is -1.81. The van der Waals surface area contributed by atoms with E-state index in [1.807, 2.05) is 30.3 Å². The van der Waals surface area contributed by atoms with E-state index in [4.69, 9.17) is 0 Å². The zero-order valence-electron chi connectivity index (χ0n) is 12.9. The number of carbonyl (C=O) groups excluding carboxylic acids is 1. The molecule has 0 unspecified atom stereocenters. The first-order chi connectivity index (χ1) is 10.8. The molecular formula is C18H23N3O. The monoisotopic (exact) mass is 297 g/mol. The van der Waals surface area contributed by atoms with Crippen LogP contribution in [0.1, 0.15) is 36.2 Å². The number of hydrogen-bond donors (Lipinski definition) is 1. The highest BCUT2D eigenvalue weighted by atomic mass is 16.2. The van der Waals surface area contributed by atoms with Crippen LogP contribution in [-0.2, 0) is 0 Å². The maximum Gasteiger partial charge on any atom is 0.270 e. The fraction of sp³-hybridized carbons (Fsp3) is 0.500. The van der Waals surface area contributed by atoms with Gasteiger partial charge in [-0.1, -0.05) is 18.2 Å². The minimum atomic E-state index is 0.165. The maximum absolute atomic E-state index is 12.9. The lowest BCUT2D eigenvalue weighted by molar-refractivity contribution is 0.0704. The van der Waals surface area contributed by atoms with Crippen LogP contribution in [0.5, 0.6) is 0 Å². The molecule has 4 nitrogen and oxygen atoms in total. The van der Waals surface area contributed by atoms with Crippen LogP contribution in [0.25, 0.3) is 10.9 Å². The van der Waals surface area contributed by atoms with Gasteiger partial charge in [-0.2, -0.15) is 0 Å². The molecule has 2 fully saturated rings. The second kappa shape index (κ2) is 5.76. The van der Waals surface area contributed by atoms with Gasteiger partial charge in [0.2, 0.25) is 0 Å². The third-order valence-electron chi connectivity index (χ3n) is 5.07. The molecule has 1 aromatic heterocycles. The molecule has 0 radical (unpaired) electrons. The third kappa shape index (κ3) is 2.52. The smallest absolute Gasteiger partial charge is 0.270 e. The van der Waals surface area contributed by atoms with Gasteiger partial charge in [-0.15, -0.1) is 0 Å². The summed E-state index contributed by atoms with van der Waals surface area (Å²) in [6.07, 6.45) is 4.89. The summed E-state index contributed by atoms with van der Waals surface area (Å²) in [5, 5.41) is 1.11. The Bertz CT molecular complexity index is 639. The molecule has 1 amide bonds. The van der Waals surface area contributed by atoms with Crippen LogP contribution in [0.2, 0.25) is 0 Å². The molecule has 3 heterocycles. The van der Waals surface area contributed by atoms with Crippen LogP contribution in [0.4, 0.5) is 0 Å². The molecule has 2 aliphatic heterocycles. The van der Waals surface area contributed by atoms with Crippen molar-refractivity contribution in [1.29, 1.82) is 0 Å². The van der Waals surface area contributed by atoms with Gasteiger partial charge in [-0.25, -0.2) is 0 Å². The van der Waals surface area contributed by atoms with Crippen LogP contribution in [0, 0.1) is 0 Å². The predicted molar refractivity (Wildman–Crippen MR) is 88.0 cm³/mol. The van der Waals surface area contributed by atoms with Gasteiger partial charge in [-0.3, -0.25) is 4.79 Å². The number of fused-ring (bicyclic) bond motifs is 1. The SMILES string of the molecule is O=C(c1cc2ccccc2[nH]1)N1CCC[C@H]1CN1CCCC1. The van der Waals surface area contributed by atoms with E-state index in [2.05, 4.69) is 14.8 Å². The molecule has 116 valence electrons. The van der Waals surface area contributed by atoms with Crippen molar-refractivity contribution < 1.29 is 4.79 Å². The van der Waals surface area contributed by atoms with E-state index in [0.717, 1.165) is 42.5 Å². The van der Waals surface area contributed by atoms with Crippen molar-refractivity contribution in [2.24, 2.45) is 0 Å². The van der Waals surface area contributed by atoms with Crippen molar-refractivity contribution in [3.63, 3.8) is 0 Å². The first kappa shape index (κ1) is 13.8. The molecular weight excluding hydrogens is 274 g/mol. The molecule has 2 aliphatic rings. The first-order valence-electron chi connectivity index (χ1n) is 8.42. The van der Waals surface area contributed by atoms with Gasteiger partial charge >= 0.3 is 0 Å². The zero-order valence-corrected chi connectivity index (χ0v) is 12.9. The van der Waals surface area contributed by atoms with Crippen molar-refractivity contribution in [1.82, 2.24) is 14.8 Å². The fourth-order valence-corrected chi connectivity index (χ4v) is 3.90. The zero-order chi connectivity index (χ0) is 14.9. The minimum absolute atomic E-state index is 0.165. The lowest BCUT2D eigenvalue weighted by Crippen LogP contribution is -2.42. The number of nitrogens with zero attached hydrogens (tertiary/aromatic N) is 2. The lowest BCUT2D eigenvalue weighted by Gasteiger charge is -2.28. The maximum atomic E-state index is 12.9. The fourth-order valence-electron chi connectivity index (χ4n) is 3.90. The lowest BCUT2D eigenvalue weighted by atomic mass is 10.2. The normalized spacial score (nSPS) is 22.7. The Labute approximate surface area is 131 Å². The number of para-hydroxylation sites is 1. The van der Waals surface area contributed by atoms with E-state index in [9.17, 15) is 4.79 Å². The number of likely N-dealkylation sites (tertiary alicyclic amines) is 2. The Morgan fingerprint density at radius 3 is 2.77 bits per heavy atom. The van der Waals surface area contributed by atoms with Crippen LogP contribution in [0.15, 0.2) is 30.3 Å². The van der Waals surface area contributed by atoms with Crippen LogP contribution in [0.3, 0.4) is 0 Å². The average Bonchev–Trinajstić information content (AvgIpc) is 3.27. The molecule has 1 atom stereocenters. The highest BCUT2D eigenvalue weighted by molar-refractivity contribution is 5.98. The highest BCUT2D eigenvalue weighted by Gasteiger charge is 2.31. The Morgan fingerprint density at radius 2 is 1.95 bits per heavy atom. The second-order valence-corrected chi connectivity index (χ2v) is 6.57. The quantitative estimate of drug-likeness (QED) is 0.946. The van der Waals surface area contributed by atoms with Crippen molar-refractivity contribution in [3.8, 4) is 0 Å². The summed E-state index contributed by atoms with van der Waals surface area (Å²) in [5.41, 5.74) is 1.77. The molecule has 1 N–H and O–H groups in total. The largest absolute Gasteiger partial charge is 0.351 e. The number of aromatic amines is 1. The molecule has 1 aromatic carbocycles. The van der Waals surface area contributed by atoms with Crippen molar-refractivity contribution in [2.45, 2.75) is 31.7 Å². The molecule has 0 spiro atoms. The molecule has 0 saturated carbocycles. The summed E-state index contributed by atoms with van der Waals surface area (Å²) in [5.74, 6) is 0.165. The molecule has 4 heteroatoms. The van der Waals surface area contributed by atoms with Gasteiger partial charge < -0.3 is 14.8 Å². The number of nitrogens with one attached hydrogen (secondary N) is 1. The van der Waals surface area contributed by atoms with Crippen LogP contribution in [-0.4, -0.2) is 52.9 Å². The van der Waals surface area contributed by atoms with Gasteiger partial charge in [0.1, 0.15) is 5.69 Å². The van der Waals surface area contributed by atoms with Gasteiger partial charge in [-0.05, 0) is 50.9 Å². The van der Waals surface area contributed by atoms with E-state index in [0.29, 0.717) is 6.04 Å². The third-order valence-corrected chi connectivity index (χ3v) is 5.07. The standard InChI is InChI=1S/C18H23N3O/c22-18(17-12-14-6-1-2-8-16(14)19-17)21-11-5-7-15(21)13-20-9-3-4-10-20/h1-2,6,8,12,15,19H,3-5,7,9-11,13H2/t15-/m0/s1. The molecule has 0 aliphatic carbocycles. The van der Waals surface area contributed by atoms with Gasteiger partial charge in [0.25, 0.3) is 5.91 Å². The molecule has 2 saturated heterocycles. The number of benzene rings is 1. The molecule has 22 heavy (non-hydrogen) atoms. The predicted octanol–water partition coefficient (Wildman–Crippen LogP) is 2.87. The van der Waals surface area contributed by atoms with Gasteiger partial charge in [0.05, 0.1) is 0 Å².